The Labute approximate surface area is 154 Å². The summed E-state index contributed by atoms with van der Waals surface area (Å²) in [6, 6.07) is 19.2. The minimum absolute atomic E-state index is 0.109. The van der Waals surface area contributed by atoms with Gasteiger partial charge in [0.25, 0.3) is 5.91 Å². The number of nitrogens with one attached hydrogen (secondary N) is 2. The van der Waals surface area contributed by atoms with Crippen LogP contribution in [0.15, 0.2) is 76.5 Å². The molecule has 2 aromatic heterocycles. The van der Waals surface area contributed by atoms with Crippen LogP contribution in [0.3, 0.4) is 0 Å². The number of aromatic amines is 1. The van der Waals surface area contributed by atoms with Crippen LogP contribution in [0.25, 0.3) is 11.0 Å². The SMILES string of the molecule is O=C(NCc1ccco1)c1ccccc1CSc1nc2ccccc2[nH]1. The Kier molecular flexibility index (Phi) is 4.75. The van der Waals surface area contributed by atoms with Gasteiger partial charge >= 0.3 is 0 Å². The minimum Gasteiger partial charge on any atom is -0.467 e. The Hall–Kier alpha value is -2.99. The van der Waals surface area contributed by atoms with Gasteiger partial charge in [0, 0.05) is 11.3 Å². The Balaban J connectivity index is 1.45. The molecular weight excluding hydrogens is 346 g/mol. The van der Waals surface area contributed by atoms with E-state index >= 15 is 0 Å². The molecule has 0 aliphatic rings. The van der Waals surface area contributed by atoms with Gasteiger partial charge in [-0.05, 0) is 35.9 Å². The quantitative estimate of drug-likeness (QED) is 0.499. The monoisotopic (exact) mass is 363 g/mol. The largest absolute Gasteiger partial charge is 0.467 e. The first-order valence-corrected chi connectivity index (χ1v) is 9.24. The number of benzene rings is 2. The van der Waals surface area contributed by atoms with E-state index in [1.807, 2.05) is 54.6 Å². The lowest BCUT2D eigenvalue weighted by molar-refractivity contribution is 0.0947. The van der Waals surface area contributed by atoms with Crippen molar-refractivity contribution < 1.29 is 9.21 Å². The molecule has 0 unspecified atom stereocenters. The lowest BCUT2D eigenvalue weighted by Crippen LogP contribution is -2.23. The van der Waals surface area contributed by atoms with Crippen LogP contribution in [-0.2, 0) is 12.3 Å². The highest BCUT2D eigenvalue weighted by Crippen LogP contribution is 2.24. The summed E-state index contributed by atoms with van der Waals surface area (Å²) in [7, 11) is 0. The molecule has 0 fully saturated rings. The highest BCUT2D eigenvalue weighted by atomic mass is 32.2. The second kappa shape index (κ2) is 7.49. The van der Waals surface area contributed by atoms with Gasteiger partial charge in [-0.1, -0.05) is 42.1 Å². The summed E-state index contributed by atoms with van der Waals surface area (Å²) < 4.78 is 5.25. The fraction of sp³-hybridized carbons (Fsp3) is 0.100. The third-order valence-electron chi connectivity index (χ3n) is 4.00. The van der Waals surface area contributed by atoms with E-state index in [1.54, 1.807) is 24.1 Å². The number of thioether (sulfide) groups is 1. The maximum absolute atomic E-state index is 12.5. The number of amides is 1. The van der Waals surface area contributed by atoms with Gasteiger partial charge in [0.15, 0.2) is 5.16 Å². The number of carbonyl (C=O) groups is 1. The van der Waals surface area contributed by atoms with Crippen molar-refractivity contribution in [3.8, 4) is 0 Å². The van der Waals surface area contributed by atoms with Gasteiger partial charge in [-0.15, -0.1) is 0 Å². The van der Waals surface area contributed by atoms with Crippen LogP contribution >= 0.6 is 11.8 Å². The number of fused-ring (bicyclic) bond motifs is 1. The zero-order valence-electron chi connectivity index (χ0n) is 13.9. The summed E-state index contributed by atoms with van der Waals surface area (Å²) in [4.78, 5) is 20.4. The number of H-pyrrole nitrogens is 1. The maximum atomic E-state index is 12.5. The third-order valence-corrected chi connectivity index (χ3v) is 4.92. The molecule has 0 aliphatic carbocycles. The molecule has 130 valence electrons. The summed E-state index contributed by atoms with van der Waals surface area (Å²) in [6.07, 6.45) is 1.60. The third kappa shape index (κ3) is 3.65. The van der Waals surface area contributed by atoms with Crippen LogP contribution in [0, 0.1) is 0 Å². The Morgan fingerprint density at radius 3 is 2.77 bits per heavy atom. The van der Waals surface area contributed by atoms with Crippen molar-refractivity contribution in [2.45, 2.75) is 17.5 Å². The highest BCUT2D eigenvalue weighted by molar-refractivity contribution is 7.98. The molecule has 0 aliphatic heterocycles. The molecule has 2 aromatic carbocycles. The molecule has 4 rings (SSSR count). The van der Waals surface area contributed by atoms with Crippen LogP contribution in [0.2, 0.25) is 0 Å². The molecule has 0 saturated carbocycles. The maximum Gasteiger partial charge on any atom is 0.251 e. The fourth-order valence-corrected chi connectivity index (χ4v) is 3.58. The lowest BCUT2D eigenvalue weighted by atomic mass is 10.1. The van der Waals surface area contributed by atoms with Gasteiger partial charge in [0.05, 0.1) is 23.8 Å². The first-order valence-electron chi connectivity index (χ1n) is 8.25. The van der Waals surface area contributed by atoms with E-state index in [0.717, 1.165) is 27.5 Å². The Bertz CT molecular complexity index is 991. The van der Waals surface area contributed by atoms with E-state index in [-0.39, 0.29) is 5.91 Å². The number of hydrogen-bond acceptors (Lipinski definition) is 4. The van der Waals surface area contributed by atoms with Crippen molar-refractivity contribution in [1.29, 1.82) is 0 Å². The van der Waals surface area contributed by atoms with E-state index in [9.17, 15) is 4.79 Å². The van der Waals surface area contributed by atoms with Crippen molar-refractivity contribution in [3.63, 3.8) is 0 Å². The summed E-state index contributed by atoms with van der Waals surface area (Å²) >= 11 is 1.58. The molecule has 0 spiro atoms. The molecule has 6 heteroatoms. The van der Waals surface area contributed by atoms with Crippen molar-refractivity contribution in [2.75, 3.05) is 0 Å². The van der Waals surface area contributed by atoms with Crippen LogP contribution in [-0.4, -0.2) is 15.9 Å². The molecular formula is C20H17N3O2S. The topological polar surface area (TPSA) is 70.9 Å². The van der Waals surface area contributed by atoms with Crippen molar-refractivity contribution in [2.24, 2.45) is 0 Å². The zero-order chi connectivity index (χ0) is 17.8. The fourth-order valence-electron chi connectivity index (χ4n) is 2.69. The number of hydrogen-bond donors (Lipinski definition) is 2. The number of nitrogens with zero attached hydrogens (tertiary/aromatic N) is 1. The van der Waals surface area contributed by atoms with Gasteiger partial charge in [-0.2, -0.15) is 0 Å². The van der Waals surface area contributed by atoms with Gasteiger partial charge in [-0.3, -0.25) is 4.79 Å². The second-order valence-corrected chi connectivity index (χ2v) is 6.73. The molecule has 26 heavy (non-hydrogen) atoms. The minimum atomic E-state index is -0.109. The van der Waals surface area contributed by atoms with Crippen molar-refractivity contribution in [1.82, 2.24) is 15.3 Å². The molecule has 0 bridgehead atoms. The first kappa shape index (κ1) is 16.5. The first-order chi connectivity index (χ1) is 12.8. The van der Waals surface area contributed by atoms with E-state index in [1.165, 1.54) is 0 Å². The van der Waals surface area contributed by atoms with Crippen LogP contribution < -0.4 is 5.32 Å². The van der Waals surface area contributed by atoms with E-state index in [2.05, 4.69) is 15.3 Å². The van der Waals surface area contributed by atoms with Crippen LogP contribution in [0.4, 0.5) is 0 Å². The summed E-state index contributed by atoms with van der Waals surface area (Å²) in [6.45, 7) is 0.372. The average molecular weight is 363 g/mol. The smallest absolute Gasteiger partial charge is 0.251 e. The van der Waals surface area contributed by atoms with E-state index in [4.69, 9.17) is 4.42 Å². The second-order valence-electron chi connectivity index (χ2n) is 5.77. The molecule has 4 aromatic rings. The average Bonchev–Trinajstić information content (AvgIpc) is 3.33. The van der Waals surface area contributed by atoms with Crippen molar-refractivity contribution >= 4 is 28.7 Å². The summed E-state index contributed by atoms with van der Waals surface area (Å²) in [5.41, 5.74) is 3.59. The number of carbonyl (C=O) groups excluding carboxylic acids is 1. The number of imidazole rings is 1. The Morgan fingerprint density at radius 1 is 1.08 bits per heavy atom. The van der Waals surface area contributed by atoms with Gasteiger partial charge < -0.3 is 14.7 Å². The molecule has 2 N–H and O–H groups in total. The highest BCUT2D eigenvalue weighted by Gasteiger charge is 2.12. The summed E-state index contributed by atoms with van der Waals surface area (Å²) in [5, 5.41) is 3.74. The number of aromatic nitrogens is 2. The predicted octanol–water partition coefficient (Wildman–Crippen LogP) is 4.38. The van der Waals surface area contributed by atoms with Crippen LogP contribution in [0.5, 0.6) is 0 Å². The molecule has 2 heterocycles. The number of furan rings is 1. The summed E-state index contributed by atoms with van der Waals surface area (Å²) in [5.74, 6) is 1.28. The number of para-hydroxylation sites is 2. The van der Waals surface area contributed by atoms with Crippen molar-refractivity contribution in [3.05, 3.63) is 83.8 Å². The predicted molar refractivity (Wildman–Crippen MR) is 102 cm³/mol. The number of rotatable bonds is 6. The lowest BCUT2D eigenvalue weighted by Gasteiger charge is -2.09. The van der Waals surface area contributed by atoms with Crippen LogP contribution in [0.1, 0.15) is 21.7 Å². The molecule has 0 saturated heterocycles. The Morgan fingerprint density at radius 2 is 1.92 bits per heavy atom. The zero-order valence-corrected chi connectivity index (χ0v) is 14.8. The molecule has 5 nitrogen and oxygen atoms in total. The molecule has 1 amide bonds. The van der Waals surface area contributed by atoms with Gasteiger partial charge in [-0.25, -0.2) is 4.98 Å². The standard InChI is InChI=1S/C20H17N3O2S/c24-19(21-12-15-7-5-11-25-15)16-8-2-1-6-14(16)13-26-20-22-17-9-3-4-10-18(17)23-20/h1-11H,12-13H2,(H,21,24)(H,22,23). The van der Waals surface area contributed by atoms with E-state index in [0.29, 0.717) is 17.9 Å². The molecule has 0 radical (unpaired) electrons. The van der Waals surface area contributed by atoms with E-state index < -0.39 is 0 Å². The molecule has 0 atom stereocenters. The van der Waals surface area contributed by atoms with Gasteiger partial charge in [0.2, 0.25) is 0 Å². The van der Waals surface area contributed by atoms with Gasteiger partial charge in [0.1, 0.15) is 5.76 Å². The normalized spacial score (nSPS) is 10.9.